The van der Waals surface area contributed by atoms with E-state index in [9.17, 15) is 19.5 Å². The molecular weight excluding hydrogens is 532 g/mol. The number of hydrogen-bond acceptors (Lipinski definition) is 6. The zero-order chi connectivity index (χ0) is 29.6. The van der Waals surface area contributed by atoms with Crippen LogP contribution in [0.15, 0.2) is 42.5 Å². The topological polar surface area (TPSA) is 116 Å². The van der Waals surface area contributed by atoms with E-state index in [0.717, 1.165) is 60.4 Å². The van der Waals surface area contributed by atoms with Gasteiger partial charge in [0.25, 0.3) is 0 Å². The van der Waals surface area contributed by atoms with Crippen molar-refractivity contribution in [3.63, 3.8) is 0 Å². The lowest BCUT2D eigenvalue weighted by Crippen LogP contribution is -2.45. The number of carbonyl (C=O) groups is 3. The largest absolute Gasteiger partial charge is 0.493 e. The number of carbonyl (C=O) groups excluding carboxylic acids is 2. The summed E-state index contributed by atoms with van der Waals surface area (Å²) in [5, 5.41) is 10.6. The molecule has 226 valence electrons. The van der Waals surface area contributed by atoms with Gasteiger partial charge in [-0.25, -0.2) is 0 Å². The van der Waals surface area contributed by atoms with Crippen molar-refractivity contribution < 1.29 is 24.2 Å². The number of nitrogens with zero attached hydrogens (tertiary/aromatic N) is 3. The molecule has 2 amide bonds. The second-order valence-corrected chi connectivity index (χ2v) is 11.8. The van der Waals surface area contributed by atoms with E-state index in [0.29, 0.717) is 52.0 Å². The van der Waals surface area contributed by atoms with Crippen molar-refractivity contribution in [2.75, 3.05) is 44.2 Å². The number of ether oxygens (including phenoxy) is 1. The maximum atomic E-state index is 14.0. The third-order valence-electron chi connectivity index (χ3n) is 9.11. The number of hydrogen-bond donors (Lipinski definition) is 2. The number of aliphatic carboxylic acids is 1. The number of amides is 2. The molecule has 0 saturated carbocycles. The SMILES string of the molecule is CCCCN(C(=O)CN1CC(c2ccc3c(c2)CCO3)C(C(=O)O)C1CCCN1CCCC1=O)c1cccc(CN)c1. The average molecular weight is 577 g/mol. The highest BCUT2D eigenvalue weighted by molar-refractivity contribution is 5.95. The van der Waals surface area contributed by atoms with Crippen molar-refractivity contribution in [1.29, 1.82) is 0 Å². The molecule has 0 radical (unpaired) electrons. The first-order valence-electron chi connectivity index (χ1n) is 15.5. The van der Waals surface area contributed by atoms with Crippen LogP contribution in [-0.2, 0) is 27.3 Å². The van der Waals surface area contributed by atoms with Gasteiger partial charge in [-0.2, -0.15) is 0 Å². The van der Waals surface area contributed by atoms with Gasteiger partial charge in [0.1, 0.15) is 5.75 Å². The van der Waals surface area contributed by atoms with Crippen molar-refractivity contribution >= 4 is 23.5 Å². The van der Waals surface area contributed by atoms with E-state index in [1.54, 1.807) is 0 Å². The van der Waals surface area contributed by atoms with Crippen LogP contribution < -0.4 is 15.4 Å². The van der Waals surface area contributed by atoms with Crippen LogP contribution in [0.2, 0.25) is 0 Å². The van der Waals surface area contributed by atoms with Crippen LogP contribution in [-0.4, -0.2) is 78.1 Å². The van der Waals surface area contributed by atoms with Gasteiger partial charge in [-0.1, -0.05) is 37.6 Å². The van der Waals surface area contributed by atoms with Gasteiger partial charge < -0.3 is 25.4 Å². The average Bonchev–Trinajstić information content (AvgIpc) is 3.72. The van der Waals surface area contributed by atoms with E-state index in [1.165, 1.54) is 0 Å². The second-order valence-electron chi connectivity index (χ2n) is 11.8. The molecule has 5 rings (SSSR count). The summed E-state index contributed by atoms with van der Waals surface area (Å²) in [5.41, 5.74) is 9.78. The fourth-order valence-corrected chi connectivity index (χ4v) is 6.88. The van der Waals surface area contributed by atoms with Crippen molar-refractivity contribution in [1.82, 2.24) is 9.80 Å². The van der Waals surface area contributed by atoms with Crippen LogP contribution in [0, 0.1) is 5.92 Å². The minimum absolute atomic E-state index is 0.0375. The van der Waals surface area contributed by atoms with Gasteiger partial charge in [-0.3, -0.25) is 19.3 Å². The molecule has 2 aromatic rings. The van der Waals surface area contributed by atoms with Crippen LogP contribution >= 0.6 is 0 Å². The van der Waals surface area contributed by atoms with E-state index in [-0.39, 0.29) is 30.3 Å². The molecule has 3 aliphatic rings. The summed E-state index contributed by atoms with van der Waals surface area (Å²) in [5.74, 6) is -0.736. The molecule has 42 heavy (non-hydrogen) atoms. The predicted octanol–water partition coefficient (Wildman–Crippen LogP) is 3.78. The van der Waals surface area contributed by atoms with Gasteiger partial charge in [-0.05, 0) is 60.6 Å². The molecule has 3 aliphatic heterocycles. The highest BCUT2D eigenvalue weighted by atomic mass is 16.5. The molecule has 3 heterocycles. The van der Waals surface area contributed by atoms with Gasteiger partial charge >= 0.3 is 5.97 Å². The van der Waals surface area contributed by atoms with E-state index in [2.05, 4.69) is 17.9 Å². The Morgan fingerprint density at radius 1 is 1.14 bits per heavy atom. The molecule has 3 unspecified atom stereocenters. The summed E-state index contributed by atoms with van der Waals surface area (Å²) < 4.78 is 5.70. The Morgan fingerprint density at radius 3 is 2.74 bits per heavy atom. The first kappa shape index (κ1) is 30.0. The molecule has 2 fully saturated rings. The van der Waals surface area contributed by atoms with E-state index in [1.807, 2.05) is 46.2 Å². The van der Waals surface area contributed by atoms with Gasteiger partial charge in [0.15, 0.2) is 0 Å². The van der Waals surface area contributed by atoms with E-state index in [4.69, 9.17) is 10.5 Å². The minimum atomic E-state index is -0.840. The monoisotopic (exact) mass is 576 g/mol. The van der Waals surface area contributed by atoms with Gasteiger partial charge in [0.2, 0.25) is 11.8 Å². The van der Waals surface area contributed by atoms with Crippen molar-refractivity contribution in [2.45, 2.75) is 70.4 Å². The summed E-state index contributed by atoms with van der Waals surface area (Å²) in [6.07, 6.45) is 5.41. The lowest BCUT2D eigenvalue weighted by molar-refractivity contribution is -0.143. The summed E-state index contributed by atoms with van der Waals surface area (Å²) in [7, 11) is 0. The first-order valence-corrected chi connectivity index (χ1v) is 15.5. The normalized spacial score (nSPS) is 21.9. The number of carboxylic acid groups (broad SMARTS) is 1. The van der Waals surface area contributed by atoms with Crippen LogP contribution in [0.3, 0.4) is 0 Å². The fourth-order valence-electron chi connectivity index (χ4n) is 6.88. The predicted molar refractivity (Wildman–Crippen MR) is 162 cm³/mol. The number of benzene rings is 2. The van der Waals surface area contributed by atoms with Crippen molar-refractivity contribution in [3.05, 3.63) is 59.2 Å². The zero-order valence-electron chi connectivity index (χ0n) is 24.7. The molecule has 9 heteroatoms. The molecule has 3 atom stereocenters. The quantitative estimate of drug-likeness (QED) is 0.373. The third kappa shape index (κ3) is 6.63. The Bertz CT molecular complexity index is 1280. The Labute approximate surface area is 248 Å². The van der Waals surface area contributed by atoms with Crippen LogP contribution in [0.5, 0.6) is 5.75 Å². The Morgan fingerprint density at radius 2 is 2.00 bits per heavy atom. The maximum Gasteiger partial charge on any atom is 0.308 e. The summed E-state index contributed by atoms with van der Waals surface area (Å²) >= 11 is 0. The van der Waals surface area contributed by atoms with Crippen molar-refractivity contribution in [3.8, 4) is 5.75 Å². The fraction of sp³-hybridized carbons (Fsp3) is 0.545. The van der Waals surface area contributed by atoms with Crippen molar-refractivity contribution in [2.24, 2.45) is 11.7 Å². The maximum absolute atomic E-state index is 14.0. The number of fused-ring (bicyclic) bond motifs is 1. The lowest BCUT2D eigenvalue weighted by atomic mass is 9.83. The molecule has 2 aromatic carbocycles. The highest BCUT2D eigenvalue weighted by Crippen LogP contribution is 2.41. The van der Waals surface area contributed by atoms with Crippen LogP contribution in [0.1, 0.15) is 68.1 Å². The molecule has 0 aliphatic carbocycles. The summed E-state index contributed by atoms with van der Waals surface area (Å²) in [6.45, 7) is 5.74. The van der Waals surface area contributed by atoms with E-state index >= 15 is 0 Å². The standard InChI is InChI=1S/C33H44N4O5/c1-2-3-16-37(26-8-4-7-23(18-26)20-34)31(39)22-36-21-27(24-11-12-29-25(19-24)13-17-42-29)32(33(40)41)28(36)9-5-14-35-15-6-10-30(35)38/h4,7-8,11-12,18-19,27-28,32H,2-3,5-6,9-10,13-17,20-22,34H2,1H3,(H,40,41). The first-order chi connectivity index (χ1) is 20.4. The Hall–Kier alpha value is -3.43. The number of carboxylic acids is 1. The minimum Gasteiger partial charge on any atom is -0.493 e. The number of nitrogens with two attached hydrogens (primary N) is 1. The Kier molecular flexibility index (Phi) is 9.80. The number of anilines is 1. The molecule has 9 nitrogen and oxygen atoms in total. The number of unbranched alkanes of at least 4 members (excludes halogenated alkanes) is 1. The van der Waals surface area contributed by atoms with Gasteiger partial charge in [0.05, 0.1) is 19.1 Å². The third-order valence-corrected chi connectivity index (χ3v) is 9.11. The highest BCUT2D eigenvalue weighted by Gasteiger charge is 2.47. The Balaban J connectivity index is 1.40. The zero-order valence-corrected chi connectivity index (χ0v) is 24.7. The molecule has 0 aromatic heterocycles. The van der Waals surface area contributed by atoms with Gasteiger partial charge in [-0.15, -0.1) is 0 Å². The smallest absolute Gasteiger partial charge is 0.308 e. The molecule has 3 N–H and O–H groups in total. The van der Waals surface area contributed by atoms with E-state index < -0.39 is 11.9 Å². The molecule has 0 bridgehead atoms. The lowest BCUT2D eigenvalue weighted by Gasteiger charge is -2.30. The molecule has 2 saturated heterocycles. The summed E-state index contributed by atoms with van der Waals surface area (Å²) in [6, 6.07) is 13.5. The van der Waals surface area contributed by atoms with Gasteiger partial charge in [0, 0.05) is 63.2 Å². The summed E-state index contributed by atoms with van der Waals surface area (Å²) in [4.78, 5) is 44.9. The number of rotatable bonds is 13. The number of likely N-dealkylation sites (tertiary alicyclic amines) is 2. The molecular formula is C33H44N4O5. The second kappa shape index (κ2) is 13.7. The molecule has 0 spiro atoms. The van der Waals surface area contributed by atoms with Crippen LogP contribution in [0.4, 0.5) is 5.69 Å². The van der Waals surface area contributed by atoms with Crippen LogP contribution in [0.25, 0.3) is 0 Å².